The lowest BCUT2D eigenvalue weighted by atomic mass is 9.68. The van der Waals surface area contributed by atoms with Gasteiger partial charge in [-0.3, -0.25) is 19.8 Å². The van der Waals surface area contributed by atoms with Crippen LogP contribution >= 0.6 is 0 Å². The lowest BCUT2D eigenvalue weighted by molar-refractivity contribution is -0.384. The molecule has 10 heteroatoms. The van der Waals surface area contributed by atoms with E-state index in [0.29, 0.717) is 29.2 Å². The number of rotatable bonds is 8. The molecule has 0 bridgehead atoms. The van der Waals surface area contributed by atoms with Crippen molar-refractivity contribution in [2.45, 2.75) is 53.1 Å². The zero-order chi connectivity index (χ0) is 32.6. The molecule has 1 aliphatic carbocycles. The van der Waals surface area contributed by atoms with Crippen LogP contribution in [0.4, 0.5) is 11.4 Å². The Bertz CT molecular complexity index is 1800. The van der Waals surface area contributed by atoms with Crippen LogP contribution in [-0.4, -0.2) is 24.9 Å². The average Bonchev–Trinajstić information content (AvgIpc) is 3.00. The Labute approximate surface area is 262 Å². The van der Waals surface area contributed by atoms with Crippen LogP contribution < -0.4 is 24.8 Å². The van der Waals surface area contributed by atoms with Gasteiger partial charge in [0, 0.05) is 17.7 Å². The number of nitriles is 1. The summed E-state index contributed by atoms with van der Waals surface area (Å²) in [4.78, 5) is 27.3. The zero-order valence-corrected chi connectivity index (χ0v) is 26.3. The number of ether oxygens (including phenoxy) is 3. The molecule has 0 spiro atoms. The van der Waals surface area contributed by atoms with Gasteiger partial charge in [-0.15, -0.1) is 0 Å². The van der Waals surface area contributed by atoms with E-state index in [-0.39, 0.29) is 41.6 Å². The second-order valence-electron chi connectivity index (χ2n) is 12.2. The SMILES string of the molecule is COc1ccc(OCc2cc(C)cc(C3C(C#N)=C(N)N(c4ccc(OC)cc4[N+](=O)[O-])C4=C3C(=O)CC(C)(C)C4)c2C)cc1. The van der Waals surface area contributed by atoms with Crippen LogP contribution in [-0.2, 0) is 11.4 Å². The van der Waals surface area contributed by atoms with Gasteiger partial charge >= 0.3 is 0 Å². The van der Waals surface area contributed by atoms with Crippen molar-refractivity contribution in [3.8, 4) is 23.3 Å². The molecule has 45 heavy (non-hydrogen) atoms. The van der Waals surface area contributed by atoms with E-state index in [9.17, 15) is 20.2 Å². The van der Waals surface area contributed by atoms with Gasteiger partial charge < -0.3 is 19.9 Å². The Morgan fingerprint density at radius 2 is 1.67 bits per heavy atom. The van der Waals surface area contributed by atoms with E-state index in [0.717, 1.165) is 28.0 Å². The number of carbonyl (C=O) groups excluding carboxylic acids is 1. The number of benzene rings is 3. The molecule has 0 amide bonds. The number of nitrogens with zero attached hydrogens (tertiary/aromatic N) is 3. The summed E-state index contributed by atoms with van der Waals surface area (Å²) in [6.07, 6.45) is 0.684. The quantitative estimate of drug-likeness (QED) is 0.217. The third-order valence-corrected chi connectivity index (χ3v) is 8.47. The van der Waals surface area contributed by atoms with Gasteiger partial charge in [0.25, 0.3) is 5.69 Å². The van der Waals surface area contributed by atoms with E-state index in [1.54, 1.807) is 19.2 Å². The Hall–Kier alpha value is -5.30. The fourth-order valence-electron chi connectivity index (χ4n) is 6.31. The monoisotopic (exact) mass is 608 g/mol. The van der Waals surface area contributed by atoms with Crippen LogP contribution in [0, 0.1) is 40.7 Å². The van der Waals surface area contributed by atoms with Crippen molar-refractivity contribution in [1.29, 1.82) is 5.26 Å². The largest absolute Gasteiger partial charge is 0.497 e. The summed E-state index contributed by atoms with van der Waals surface area (Å²) >= 11 is 0. The lowest BCUT2D eigenvalue weighted by Crippen LogP contribution is -2.42. The summed E-state index contributed by atoms with van der Waals surface area (Å²) in [5.74, 6) is 0.880. The van der Waals surface area contributed by atoms with Crippen molar-refractivity contribution in [3.63, 3.8) is 0 Å². The molecule has 1 atom stereocenters. The third-order valence-electron chi connectivity index (χ3n) is 8.47. The number of nitrogens with two attached hydrogens (primary N) is 1. The molecule has 1 heterocycles. The summed E-state index contributed by atoms with van der Waals surface area (Å²) in [6.45, 7) is 8.13. The predicted octanol–water partition coefficient (Wildman–Crippen LogP) is 6.75. The molecule has 0 fully saturated rings. The van der Waals surface area contributed by atoms with Gasteiger partial charge in [0.15, 0.2) is 5.78 Å². The maximum Gasteiger partial charge on any atom is 0.296 e. The highest BCUT2D eigenvalue weighted by Crippen LogP contribution is 2.52. The van der Waals surface area contributed by atoms with E-state index in [1.165, 1.54) is 18.1 Å². The minimum Gasteiger partial charge on any atom is -0.497 e. The predicted molar refractivity (Wildman–Crippen MR) is 170 cm³/mol. The molecule has 0 saturated carbocycles. The topological polar surface area (TPSA) is 141 Å². The first-order chi connectivity index (χ1) is 21.4. The highest BCUT2D eigenvalue weighted by molar-refractivity contribution is 6.02. The fourth-order valence-corrected chi connectivity index (χ4v) is 6.31. The molecular weight excluding hydrogens is 572 g/mol. The summed E-state index contributed by atoms with van der Waals surface area (Å²) in [7, 11) is 3.03. The van der Waals surface area contributed by atoms with Crippen molar-refractivity contribution in [2.24, 2.45) is 11.1 Å². The molecule has 3 aromatic rings. The van der Waals surface area contributed by atoms with Gasteiger partial charge in [-0.1, -0.05) is 31.5 Å². The number of methoxy groups -OCH3 is 2. The van der Waals surface area contributed by atoms with E-state index >= 15 is 0 Å². The van der Waals surface area contributed by atoms with Crippen LogP contribution in [0.1, 0.15) is 54.9 Å². The van der Waals surface area contributed by atoms with Crippen LogP contribution in [0.25, 0.3) is 0 Å². The Morgan fingerprint density at radius 1 is 1.02 bits per heavy atom. The average molecular weight is 609 g/mol. The second kappa shape index (κ2) is 12.0. The number of hydrogen-bond acceptors (Lipinski definition) is 9. The fraction of sp³-hybridized carbons (Fsp3) is 0.314. The number of aryl methyl sites for hydroxylation is 1. The molecule has 0 saturated heterocycles. The number of nitro benzene ring substituents is 1. The Morgan fingerprint density at radius 3 is 2.29 bits per heavy atom. The Balaban J connectivity index is 1.68. The Kier molecular flexibility index (Phi) is 8.30. The number of anilines is 1. The molecule has 5 rings (SSSR count). The van der Waals surface area contributed by atoms with Crippen molar-refractivity contribution >= 4 is 17.2 Å². The highest BCUT2D eigenvalue weighted by atomic mass is 16.6. The van der Waals surface area contributed by atoms with E-state index in [1.807, 2.05) is 64.1 Å². The molecule has 232 valence electrons. The molecular formula is C35H36N4O6. The third kappa shape index (κ3) is 5.81. The van der Waals surface area contributed by atoms with E-state index in [4.69, 9.17) is 19.9 Å². The van der Waals surface area contributed by atoms with E-state index in [2.05, 4.69) is 6.07 Å². The summed E-state index contributed by atoms with van der Waals surface area (Å²) in [5.41, 5.74) is 10.9. The van der Waals surface area contributed by atoms with Crippen molar-refractivity contribution in [1.82, 2.24) is 0 Å². The van der Waals surface area contributed by atoms with Gasteiger partial charge in [-0.25, -0.2) is 0 Å². The smallest absolute Gasteiger partial charge is 0.296 e. The zero-order valence-electron chi connectivity index (χ0n) is 26.3. The molecule has 2 aliphatic rings. The highest BCUT2D eigenvalue weighted by Gasteiger charge is 2.46. The first-order valence-electron chi connectivity index (χ1n) is 14.5. The number of hydrogen-bond donors (Lipinski definition) is 1. The van der Waals surface area contributed by atoms with Crippen molar-refractivity contribution < 1.29 is 23.9 Å². The summed E-state index contributed by atoms with van der Waals surface area (Å²) < 4.78 is 16.6. The standard InChI is InChI=1S/C35H36N4O6/c1-20-13-22(19-45-24-9-7-23(43-5)8-10-24)21(2)26(14-20)32-27(18-36)34(37)38(30-16-35(3,4)17-31(40)33(30)32)28-12-11-25(44-6)15-29(28)39(41)42/h7-15,32H,16-17,19,37H2,1-6H3. The van der Waals surface area contributed by atoms with Crippen molar-refractivity contribution in [2.75, 3.05) is 19.1 Å². The minimum atomic E-state index is -0.748. The second-order valence-corrected chi connectivity index (χ2v) is 12.2. The van der Waals surface area contributed by atoms with Crippen LogP contribution in [0.2, 0.25) is 0 Å². The summed E-state index contributed by atoms with van der Waals surface area (Å²) in [6, 6.07) is 18.0. The van der Waals surface area contributed by atoms with Crippen LogP contribution in [0.5, 0.6) is 17.2 Å². The van der Waals surface area contributed by atoms with Crippen LogP contribution in [0.3, 0.4) is 0 Å². The maximum atomic E-state index is 14.1. The first-order valence-corrected chi connectivity index (χ1v) is 14.5. The molecule has 3 aromatic carbocycles. The van der Waals surface area contributed by atoms with Crippen LogP contribution in [0.15, 0.2) is 77.3 Å². The van der Waals surface area contributed by atoms with Gasteiger partial charge in [0.2, 0.25) is 0 Å². The molecule has 0 aromatic heterocycles. The van der Waals surface area contributed by atoms with Gasteiger partial charge in [0.1, 0.15) is 35.4 Å². The number of ketones is 1. The molecule has 1 unspecified atom stereocenters. The number of nitro groups is 1. The molecule has 0 radical (unpaired) electrons. The number of carbonyl (C=O) groups is 1. The summed E-state index contributed by atoms with van der Waals surface area (Å²) in [5, 5.41) is 22.8. The number of allylic oxidation sites excluding steroid dienone is 3. The van der Waals surface area contributed by atoms with Gasteiger partial charge in [0.05, 0.1) is 42.8 Å². The van der Waals surface area contributed by atoms with Gasteiger partial charge in [-0.05, 0) is 78.8 Å². The van der Waals surface area contributed by atoms with Gasteiger partial charge in [-0.2, -0.15) is 5.26 Å². The molecule has 1 aliphatic heterocycles. The molecule has 10 nitrogen and oxygen atoms in total. The van der Waals surface area contributed by atoms with E-state index < -0.39 is 16.3 Å². The number of Topliss-reactive ketones (excluding diaryl/α,β-unsaturated/α-hetero) is 1. The molecule has 2 N–H and O–H groups in total. The maximum absolute atomic E-state index is 14.1. The minimum absolute atomic E-state index is 0.0527. The normalized spacial score (nSPS) is 17.5. The van der Waals surface area contributed by atoms with Crippen molar-refractivity contribution in [3.05, 3.63) is 110 Å². The lowest BCUT2D eigenvalue weighted by Gasteiger charge is -2.43. The first kappa shape index (κ1) is 31.1.